The SMILES string of the molecule is CNC(CC(C)(C)C)c1ccc2c(c1)CCCC(=O)N2. The van der Waals surface area contributed by atoms with Crippen LogP contribution in [-0.4, -0.2) is 13.0 Å². The number of rotatable bonds is 3. The van der Waals surface area contributed by atoms with Crippen LogP contribution in [0, 0.1) is 5.41 Å². The first-order valence-electron chi connectivity index (χ1n) is 7.49. The van der Waals surface area contributed by atoms with Crippen LogP contribution in [0.2, 0.25) is 0 Å². The molecule has 20 heavy (non-hydrogen) atoms. The molecule has 1 heterocycles. The average molecular weight is 274 g/mol. The van der Waals surface area contributed by atoms with Gasteiger partial charge in [-0.25, -0.2) is 0 Å². The van der Waals surface area contributed by atoms with E-state index in [-0.39, 0.29) is 11.3 Å². The first-order chi connectivity index (χ1) is 9.39. The lowest BCUT2D eigenvalue weighted by Crippen LogP contribution is -2.22. The van der Waals surface area contributed by atoms with Gasteiger partial charge in [0.05, 0.1) is 0 Å². The molecule has 1 amide bonds. The Morgan fingerprint density at radius 3 is 2.70 bits per heavy atom. The van der Waals surface area contributed by atoms with E-state index in [4.69, 9.17) is 0 Å². The van der Waals surface area contributed by atoms with Gasteiger partial charge in [-0.15, -0.1) is 0 Å². The highest BCUT2D eigenvalue weighted by atomic mass is 16.1. The van der Waals surface area contributed by atoms with Crippen LogP contribution in [0.3, 0.4) is 0 Å². The Morgan fingerprint density at radius 1 is 1.30 bits per heavy atom. The monoisotopic (exact) mass is 274 g/mol. The van der Waals surface area contributed by atoms with E-state index in [9.17, 15) is 4.79 Å². The lowest BCUT2D eigenvalue weighted by atomic mass is 9.85. The summed E-state index contributed by atoms with van der Waals surface area (Å²) >= 11 is 0. The van der Waals surface area contributed by atoms with Gasteiger partial charge in [0.15, 0.2) is 0 Å². The van der Waals surface area contributed by atoms with Crippen molar-refractivity contribution in [3.05, 3.63) is 29.3 Å². The van der Waals surface area contributed by atoms with Crippen molar-refractivity contribution in [3.63, 3.8) is 0 Å². The molecule has 1 aliphatic rings. The minimum absolute atomic E-state index is 0.136. The van der Waals surface area contributed by atoms with Crippen LogP contribution in [0.1, 0.15) is 57.2 Å². The smallest absolute Gasteiger partial charge is 0.224 e. The number of aryl methyl sites for hydroxylation is 1. The molecule has 3 heteroatoms. The Bertz CT molecular complexity index is 488. The van der Waals surface area contributed by atoms with Gasteiger partial charge in [-0.3, -0.25) is 4.79 Å². The summed E-state index contributed by atoms with van der Waals surface area (Å²) in [5.74, 6) is 0.136. The molecule has 1 aromatic rings. The predicted octanol–water partition coefficient (Wildman–Crippen LogP) is 3.66. The normalized spacial score (nSPS) is 17.1. The molecular formula is C17H26N2O. The van der Waals surface area contributed by atoms with Crippen molar-refractivity contribution in [1.82, 2.24) is 5.32 Å². The van der Waals surface area contributed by atoms with Gasteiger partial charge in [0, 0.05) is 18.2 Å². The van der Waals surface area contributed by atoms with Crippen molar-refractivity contribution in [2.24, 2.45) is 5.41 Å². The van der Waals surface area contributed by atoms with Crippen LogP contribution in [0.4, 0.5) is 5.69 Å². The topological polar surface area (TPSA) is 41.1 Å². The van der Waals surface area contributed by atoms with E-state index in [1.54, 1.807) is 0 Å². The molecule has 1 aromatic carbocycles. The summed E-state index contributed by atoms with van der Waals surface area (Å²) < 4.78 is 0. The Hall–Kier alpha value is -1.35. The molecule has 0 saturated carbocycles. The molecule has 0 radical (unpaired) electrons. The second kappa shape index (κ2) is 5.96. The van der Waals surface area contributed by atoms with Gasteiger partial charge in [-0.2, -0.15) is 0 Å². The van der Waals surface area contributed by atoms with E-state index in [0.717, 1.165) is 24.9 Å². The van der Waals surface area contributed by atoms with Crippen molar-refractivity contribution in [2.45, 2.75) is 52.5 Å². The van der Waals surface area contributed by atoms with Crippen LogP contribution in [0.15, 0.2) is 18.2 Å². The number of benzene rings is 1. The largest absolute Gasteiger partial charge is 0.326 e. The van der Waals surface area contributed by atoms with E-state index < -0.39 is 0 Å². The fourth-order valence-electron chi connectivity index (χ4n) is 2.81. The van der Waals surface area contributed by atoms with Crippen molar-refractivity contribution < 1.29 is 4.79 Å². The van der Waals surface area contributed by atoms with Crippen LogP contribution in [-0.2, 0) is 11.2 Å². The molecule has 0 aromatic heterocycles. The van der Waals surface area contributed by atoms with Gasteiger partial charge in [0.1, 0.15) is 0 Å². The predicted molar refractivity (Wildman–Crippen MR) is 83.9 cm³/mol. The van der Waals surface area contributed by atoms with E-state index in [2.05, 4.69) is 49.6 Å². The number of amides is 1. The lowest BCUT2D eigenvalue weighted by molar-refractivity contribution is -0.116. The van der Waals surface area contributed by atoms with E-state index in [1.807, 2.05) is 7.05 Å². The maximum absolute atomic E-state index is 11.6. The van der Waals surface area contributed by atoms with E-state index in [1.165, 1.54) is 11.1 Å². The minimum atomic E-state index is 0.136. The summed E-state index contributed by atoms with van der Waals surface area (Å²) in [5.41, 5.74) is 3.86. The standard InChI is InChI=1S/C17H26N2O/c1-17(2,3)11-15(18-4)13-8-9-14-12(10-13)6-5-7-16(20)19-14/h8-10,15,18H,5-7,11H2,1-4H3,(H,19,20). The Kier molecular flexibility index (Phi) is 4.48. The first kappa shape index (κ1) is 15.0. The van der Waals surface area contributed by atoms with Crippen LogP contribution in [0.5, 0.6) is 0 Å². The molecule has 0 saturated heterocycles. The van der Waals surface area contributed by atoms with Gasteiger partial charge < -0.3 is 10.6 Å². The lowest BCUT2D eigenvalue weighted by Gasteiger charge is -2.26. The molecule has 2 rings (SSSR count). The van der Waals surface area contributed by atoms with Crippen molar-refractivity contribution in [2.75, 3.05) is 12.4 Å². The number of nitrogens with one attached hydrogen (secondary N) is 2. The summed E-state index contributed by atoms with van der Waals surface area (Å²) in [7, 11) is 2.02. The van der Waals surface area contributed by atoms with Crippen LogP contribution >= 0.6 is 0 Å². The van der Waals surface area contributed by atoms with Gasteiger partial charge in [0.25, 0.3) is 0 Å². The number of anilines is 1. The molecular weight excluding hydrogens is 248 g/mol. The zero-order valence-electron chi connectivity index (χ0n) is 13.0. The third-order valence-corrected chi connectivity index (χ3v) is 3.82. The highest BCUT2D eigenvalue weighted by Crippen LogP contribution is 2.32. The number of carbonyl (C=O) groups excluding carboxylic acids is 1. The fourth-order valence-corrected chi connectivity index (χ4v) is 2.81. The average Bonchev–Trinajstić information content (AvgIpc) is 2.54. The summed E-state index contributed by atoms with van der Waals surface area (Å²) in [6.07, 6.45) is 3.63. The molecule has 1 atom stereocenters. The van der Waals surface area contributed by atoms with Crippen LogP contribution < -0.4 is 10.6 Å². The van der Waals surface area contributed by atoms with E-state index >= 15 is 0 Å². The quantitative estimate of drug-likeness (QED) is 0.883. The van der Waals surface area contributed by atoms with Crippen molar-refractivity contribution in [1.29, 1.82) is 0 Å². The molecule has 0 aliphatic carbocycles. The van der Waals surface area contributed by atoms with Gasteiger partial charge in [0.2, 0.25) is 5.91 Å². The maximum Gasteiger partial charge on any atom is 0.224 e. The van der Waals surface area contributed by atoms with E-state index in [0.29, 0.717) is 12.5 Å². The summed E-state index contributed by atoms with van der Waals surface area (Å²) in [6, 6.07) is 6.81. The maximum atomic E-state index is 11.6. The highest BCUT2D eigenvalue weighted by Gasteiger charge is 2.20. The van der Waals surface area contributed by atoms with Crippen molar-refractivity contribution >= 4 is 11.6 Å². The zero-order chi connectivity index (χ0) is 14.8. The second-order valence-electron chi connectivity index (χ2n) is 6.92. The van der Waals surface area contributed by atoms with Crippen LogP contribution in [0.25, 0.3) is 0 Å². The molecule has 3 nitrogen and oxygen atoms in total. The summed E-state index contributed by atoms with van der Waals surface area (Å²) in [5, 5.41) is 6.41. The number of hydrogen-bond donors (Lipinski definition) is 2. The molecule has 0 spiro atoms. The molecule has 2 N–H and O–H groups in total. The Balaban J connectivity index is 2.25. The number of hydrogen-bond acceptors (Lipinski definition) is 2. The molecule has 110 valence electrons. The van der Waals surface area contributed by atoms with Gasteiger partial charge in [-0.05, 0) is 48.9 Å². The van der Waals surface area contributed by atoms with Gasteiger partial charge in [-0.1, -0.05) is 32.9 Å². The Labute approximate surface area is 122 Å². The molecule has 1 unspecified atom stereocenters. The molecule has 0 bridgehead atoms. The van der Waals surface area contributed by atoms with Crippen molar-refractivity contribution in [3.8, 4) is 0 Å². The zero-order valence-corrected chi connectivity index (χ0v) is 13.0. The molecule has 1 aliphatic heterocycles. The second-order valence-corrected chi connectivity index (χ2v) is 6.92. The third-order valence-electron chi connectivity index (χ3n) is 3.82. The first-order valence-corrected chi connectivity index (χ1v) is 7.49. The number of fused-ring (bicyclic) bond motifs is 1. The number of carbonyl (C=O) groups is 1. The molecule has 0 fully saturated rings. The van der Waals surface area contributed by atoms with Gasteiger partial charge >= 0.3 is 0 Å². The minimum Gasteiger partial charge on any atom is -0.326 e. The summed E-state index contributed by atoms with van der Waals surface area (Å²) in [6.45, 7) is 6.79. The third kappa shape index (κ3) is 3.83. The highest BCUT2D eigenvalue weighted by molar-refractivity contribution is 5.92. The summed E-state index contributed by atoms with van der Waals surface area (Å²) in [4.78, 5) is 11.6. The fraction of sp³-hybridized carbons (Fsp3) is 0.588. The Morgan fingerprint density at radius 2 is 2.05 bits per heavy atom.